The lowest BCUT2D eigenvalue weighted by atomic mass is 10.1. The smallest absolute Gasteiger partial charge is 0.261 e. The molecule has 0 unspecified atom stereocenters. The summed E-state index contributed by atoms with van der Waals surface area (Å²) in [7, 11) is -2.75. The lowest BCUT2D eigenvalue weighted by Gasteiger charge is -2.43. The summed E-state index contributed by atoms with van der Waals surface area (Å²) in [5, 5.41) is 24.2. The minimum atomic E-state index is -2.75. The largest absolute Gasteiger partial charge is 0.405 e. The molecule has 0 spiro atoms. The number of benzene rings is 2. The number of rotatable bonds is 36. The fourth-order valence-corrected chi connectivity index (χ4v) is 12.7. The van der Waals surface area contributed by atoms with Crippen LogP contribution in [0, 0.1) is 0 Å². The van der Waals surface area contributed by atoms with Crippen molar-refractivity contribution >= 4 is 30.5 Å². The highest BCUT2D eigenvalue weighted by Gasteiger charge is 2.50. The molecule has 13 heteroatoms. The Labute approximate surface area is 382 Å². The molecule has 0 aromatic heterocycles. The second kappa shape index (κ2) is 37.5. The molecule has 12 nitrogen and oxygen atoms in total. The number of carbonyl (C=O) groups excluding carboxylic acids is 2. The maximum atomic E-state index is 12.8. The molecule has 0 saturated heterocycles. The lowest BCUT2D eigenvalue weighted by molar-refractivity contribution is -0.123. The van der Waals surface area contributed by atoms with Gasteiger partial charge in [0.1, 0.15) is 0 Å². The molecule has 2 aromatic carbocycles. The zero-order valence-electron chi connectivity index (χ0n) is 40.1. The monoisotopic (exact) mass is 891 g/mol. The zero-order valence-corrected chi connectivity index (χ0v) is 41.1. The van der Waals surface area contributed by atoms with Crippen LogP contribution in [0.5, 0.6) is 0 Å². The number of nitrogens with one attached hydrogen (secondary N) is 2. The molecule has 2 atom stereocenters. The topological polar surface area (TPSA) is 185 Å². The highest BCUT2D eigenvalue weighted by atomic mass is 28.4. The van der Waals surface area contributed by atoms with E-state index in [0.717, 1.165) is 25.7 Å². The molecule has 2 aromatic rings. The molecule has 0 radical (unpaired) electrons. The summed E-state index contributed by atoms with van der Waals surface area (Å²) in [6, 6.07) is 20.0. The van der Waals surface area contributed by atoms with Crippen molar-refractivity contribution in [2.24, 2.45) is 10.2 Å². The molecule has 0 heterocycles. The van der Waals surface area contributed by atoms with Crippen molar-refractivity contribution in [3.8, 4) is 0 Å². The van der Waals surface area contributed by atoms with Crippen LogP contribution in [0.3, 0.4) is 0 Å². The molecule has 63 heavy (non-hydrogen) atoms. The maximum absolute atomic E-state index is 12.8. The third kappa shape index (κ3) is 26.5. The van der Waals surface area contributed by atoms with E-state index < -0.39 is 14.4 Å². The van der Waals surface area contributed by atoms with E-state index in [9.17, 15) is 9.59 Å². The highest BCUT2D eigenvalue weighted by molar-refractivity contribution is 6.99. The normalized spacial score (nSPS) is 12.2. The highest BCUT2D eigenvalue weighted by Crippen LogP contribution is 2.36. The van der Waals surface area contributed by atoms with Gasteiger partial charge in [0.15, 0.2) is 0 Å². The van der Waals surface area contributed by atoms with Crippen LogP contribution in [0.1, 0.15) is 189 Å². The van der Waals surface area contributed by atoms with Gasteiger partial charge in [0.05, 0.1) is 25.3 Å². The fraction of sp³-hybridized carbons (Fsp3) is 0.720. The second-order valence-corrected chi connectivity index (χ2v) is 22.4. The Morgan fingerprint density at radius 3 is 1.25 bits per heavy atom. The number of unbranched alkanes of at least 4 members (excludes halogenated alkanes) is 20. The van der Waals surface area contributed by atoms with E-state index in [0.29, 0.717) is 12.8 Å². The number of aliphatic hydroxyl groups is 1. The standard InChI is InChI=1S/C33H52N4O2Si.C17H34N4O2/c1-5-6-7-8-9-10-11-12-13-14-21-26-32(38)36-29(27-35-37-34)28-39-40(33(2,3)4,30-22-17-15-18-23-30)31-24-19-16-20-25-31;1-2-3-4-5-6-7-8-9-10-11-12-13-17(23)20-16(15-22)14-19-21-18/h15-20,22-25,29H,5-14,21,26-28H2,1-4H3,(H,36,38);16,22H,2-15H2,1H3,(H,20,23)/t29-;16-/m11/s1. The molecule has 3 N–H and O–H groups in total. The van der Waals surface area contributed by atoms with Crippen molar-refractivity contribution in [2.75, 3.05) is 26.3 Å². The van der Waals surface area contributed by atoms with E-state index in [2.05, 4.69) is 114 Å². The summed E-state index contributed by atoms with van der Waals surface area (Å²) in [5.74, 6) is -0.0757. The first-order valence-electron chi connectivity index (χ1n) is 24.6. The minimum absolute atomic E-state index is 0.000103. The third-order valence-electron chi connectivity index (χ3n) is 11.6. The van der Waals surface area contributed by atoms with Crippen molar-refractivity contribution < 1.29 is 19.1 Å². The first-order chi connectivity index (χ1) is 30.6. The van der Waals surface area contributed by atoms with E-state index >= 15 is 0 Å². The van der Waals surface area contributed by atoms with E-state index in [4.69, 9.17) is 20.6 Å². The SMILES string of the molecule is CCCCCCCCCCCCCC(=O)N[C@@H](CO)CN=[N+]=[N-].CCCCCCCCCCCCCC(=O)N[C@H](CN=[N+]=[N-])CO[Si](c1ccccc1)(c1ccccc1)C(C)(C)C. The van der Waals surface area contributed by atoms with E-state index in [1.165, 1.54) is 126 Å². The van der Waals surface area contributed by atoms with Crippen LogP contribution >= 0.6 is 0 Å². The quantitative estimate of drug-likeness (QED) is 0.0202. The number of aliphatic hydroxyl groups excluding tert-OH is 1. The Hall–Kier alpha value is -3.86. The summed E-state index contributed by atoms with van der Waals surface area (Å²) in [4.78, 5) is 30.1. The molecule has 0 bridgehead atoms. The Kier molecular flexibility index (Phi) is 34.0. The first-order valence-corrected chi connectivity index (χ1v) is 26.5. The van der Waals surface area contributed by atoms with Gasteiger partial charge in [0, 0.05) is 35.8 Å². The Morgan fingerprint density at radius 1 is 0.587 bits per heavy atom. The van der Waals surface area contributed by atoms with Gasteiger partial charge in [-0.1, -0.05) is 234 Å². The number of azide groups is 2. The number of carbonyl (C=O) groups is 2. The summed E-state index contributed by atoms with van der Waals surface area (Å²) >= 11 is 0. The first kappa shape index (κ1) is 57.2. The van der Waals surface area contributed by atoms with Crippen LogP contribution in [-0.2, 0) is 14.0 Å². The van der Waals surface area contributed by atoms with Gasteiger partial charge in [-0.25, -0.2) is 0 Å². The van der Waals surface area contributed by atoms with Gasteiger partial charge in [-0.2, -0.15) is 0 Å². The van der Waals surface area contributed by atoms with Gasteiger partial charge >= 0.3 is 0 Å². The number of hydrogen-bond acceptors (Lipinski definition) is 6. The van der Waals surface area contributed by atoms with Crippen LogP contribution < -0.4 is 21.0 Å². The van der Waals surface area contributed by atoms with Gasteiger partial charge < -0.3 is 20.2 Å². The van der Waals surface area contributed by atoms with E-state index in [1.54, 1.807) is 0 Å². The van der Waals surface area contributed by atoms with Gasteiger partial charge in [0.25, 0.3) is 8.32 Å². The van der Waals surface area contributed by atoms with Crippen LogP contribution in [0.4, 0.5) is 0 Å². The van der Waals surface area contributed by atoms with Crippen molar-refractivity contribution in [3.63, 3.8) is 0 Å². The molecule has 0 fully saturated rings. The molecular weight excluding hydrogens is 805 g/mol. The predicted molar refractivity (Wildman–Crippen MR) is 265 cm³/mol. The van der Waals surface area contributed by atoms with Gasteiger partial charge in [0.2, 0.25) is 11.8 Å². The summed E-state index contributed by atoms with van der Waals surface area (Å²) < 4.78 is 6.98. The second-order valence-electron chi connectivity index (χ2n) is 18.1. The van der Waals surface area contributed by atoms with Crippen LogP contribution in [-0.4, -0.2) is 63.6 Å². The van der Waals surface area contributed by atoms with Gasteiger partial charge in [-0.15, -0.1) is 0 Å². The van der Waals surface area contributed by atoms with Gasteiger partial charge in [-0.3, -0.25) is 9.59 Å². The molecule has 0 aliphatic rings. The molecule has 0 aliphatic carbocycles. The Balaban J connectivity index is 0.000000735. The molecule has 0 aliphatic heterocycles. The number of hydrogen-bond donors (Lipinski definition) is 3. The van der Waals surface area contributed by atoms with Crippen molar-refractivity contribution in [1.29, 1.82) is 0 Å². The summed E-state index contributed by atoms with van der Waals surface area (Å²) in [5.41, 5.74) is 17.2. The van der Waals surface area contributed by atoms with Crippen LogP contribution in [0.15, 0.2) is 70.9 Å². The van der Waals surface area contributed by atoms with Crippen molar-refractivity contribution in [1.82, 2.24) is 10.6 Å². The Bertz CT molecular complexity index is 1490. The molecule has 2 amide bonds. The average molecular weight is 891 g/mol. The predicted octanol–water partition coefficient (Wildman–Crippen LogP) is 12.5. The number of amides is 2. The van der Waals surface area contributed by atoms with Crippen LogP contribution in [0.2, 0.25) is 5.04 Å². The molecule has 2 rings (SSSR count). The van der Waals surface area contributed by atoms with E-state index in [1.807, 2.05) is 12.1 Å². The van der Waals surface area contributed by atoms with Crippen LogP contribution in [0.25, 0.3) is 20.9 Å². The van der Waals surface area contributed by atoms with Gasteiger partial charge in [-0.05, 0) is 39.3 Å². The molecule has 354 valence electrons. The lowest BCUT2D eigenvalue weighted by Crippen LogP contribution is -2.67. The maximum Gasteiger partial charge on any atom is 0.261 e. The number of nitrogens with zero attached hydrogens (tertiary/aromatic N) is 6. The zero-order chi connectivity index (χ0) is 46.3. The average Bonchev–Trinajstić information content (AvgIpc) is 3.28. The summed E-state index contributed by atoms with van der Waals surface area (Å²) in [6.45, 7) is 11.5. The van der Waals surface area contributed by atoms with Crippen molar-refractivity contribution in [2.45, 2.75) is 206 Å². The molecule has 0 saturated carbocycles. The molecular formula is C50H86N8O4Si. The third-order valence-corrected chi connectivity index (χ3v) is 16.6. The summed E-state index contributed by atoms with van der Waals surface area (Å²) in [6.07, 6.45) is 28.5. The van der Waals surface area contributed by atoms with E-state index in [-0.39, 0.29) is 49.2 Å². The fourth-order valence-electron chi connectivity index (χ4n) is 8.05. The van der Waals surface area contributed by atoms with Crippen molar-refractivity contribution in [3.05, 3.63) is 81.5 Å². The Morgan fingerprint density at radius 2 is 0.921 bits per heavy atom. The minimum Gasteiger partial charge on any atom is -0.405 e.